The minimum Gasteiger partial charge on any atom is -0.378 e. The summed E-state index contributed by atoms with van der Waals surface area (Å²) in [5, 5.41) is 18.5. The van der Waals surface area contributed by atoms with Crippen LogP contribution in [-0.2, 0) is 13.5 Å². The van der Waals surface area contributed by atoms with Crippen molar-refractivity contribution in [2.45, 2.75) is 6.42 Å². The molecule has 1 heterocycles. The van der Waals surface area contributed by atoms with Crippen LogP contribution in [-0.4, -0.2) is 21.2 Å². The van der Waals surface area contributed by atoms with Gasteiger partial charge in [-0.25, -0.2) is 0 Å². The molecule has 0 saturated heterocycles. The molecule has 0 saturated carbocycles. The van der Waals surface area contributed by atoms with Crippen LogP contribution in [0.2, 0.25) is 5.02 Å². The number of hydrogen-bond donors (Lipinski definition) is 1. The Morgan fingerprint density at radius 1 is 1.47 bits per heavy atom. The third-order valence-electron chi connectivity index (χ3n) is 2.64. The summed E-state index contributed by atoms with van der Waals surface area (Å²) in [7, 11) is 1.84. The quantitative estimate of drug-likeness (QED) is 0.675. The van der Waals surface area contributed by atoms with Gasteiger partial charge in [-0.1, -0.05) is 17.7 Å². The van der Waals surface area contributed by atoms with E-state index < -0.39 is 4.92 Å². The number of anilines is 1. The first-order chi connectivity index (χ1) is 9.08. The summed E-state index contributed by atoms with van der Waals surface area (Å²) >= 11 is 5.97. The maximum atomic E-state index is 10.9. The Kier molecular flexibility index (Phi) is 4.01. The highest BCUT2D eigenvalue weighted by Gasteiger charge is 2.15. The Balaban J connectivity index is 2.05. The Labute approximate surface area is 115 Å². The number of benzene rings is 1. The number of aryl methyl sites for hydroxylation is 1. The second-order valence-corrected chi connectivity index (χ2v) is 4.46. The third kappa shape index (κ3) is 3.23. The van der Waals surface area contributed by atoms with Crippen LogP contribution in [0.3, 0.4) is 0 Å². The summed E-state index contributed by atoms with van der Waals surface area (Å²) in [4.78, 5) is 10.5. The van der Waals surface area contributed by atoms with Gasteiger partial charge >= 0.3 is 0 Å². The Morgan fingerprint density at radius 2 is 2.26 bits per heavy atom. The van der Waals surface area contributed by atoms with Crippen LogP contribution in [0.4, 0.5) is 11.4 Å². The van der Waals surface area contributed by atoms with Crippen molar-refractivity contribution in [2.24, 2.45) is 7.05 Å². The molecule has 0 radical (unpaired) electrons. The van der Waals surface area contributed by atoms with Crippen molar-refractivity contribution in [3.63, 3.8) is 0 Å². The molecule has 0 aliphatic rings. The van der Waals surface area contributed by atoms with Crippen molar-refractivity contribution in [2.75, 3.05) is 11.9 Å². The molecule has 2 aromatic rings. The van der Waals surface area contributed by atoms with E-state index in [0.717, 1.165) is 5.69 Å². The van der Waals surface area contributed by atoms with Crippen molar-refractivity contribution in [3.8, 4) is 0 Å². The van der Waals surface area contributed by atoms with Crippen LogP contribution in [0.1, 0.15) is 5.69 Å². The van der Waals surface area contributed by atoms with E-state index in [1.54, 1.807) is 16.8 Å². The maximum absolute atomic E-state index is 10.9. The standard InChI is InChI=1S/C12H13ClN4O2/c1-16-8-6-9(15-16)5-7-14-12-10(13)3-2-4-11(12)17(18)19/h2-4,6,8,14H,5,7H2,1H3. The molecular formula is C12H13ClN4O2. The second kappa shape index (κ2) is 5.71. The second-order valence-electron chi connectivity index (χ2n) is 4.05. The van der Waals surface area contributed by atoms with E-state index in [-0.39, 0.29) is 5.69 Å². The average molecular weight is 281 g/mol. The highest BCUT2D eigenvalue weighted by atomic mass is 35.5. The zero-order valence-corrected chi connectivity index (χ0v) is 11.1. The molecule has 100 valence electrons. The monoisotopic (exact) mass is 280 g/mol. The Morgan fingerprint density at radius 3 is 2.89 bits per heavy atom. The molecule has 0 aliphatic heterocycles. The Hall–Kier alpha value is -2.08. The fourth-order valence-corrected chi connectivity index (χ4v) is 1.99. The van der Waals surface area contributed by atoms with Gasteiger partial charge in [-0.2, -0.15) is 5.10 Å². The fourth-order valence-electron chi connectivity index (χ4n) is 1.75. The van der Waals surface area contributed by atoms with Crippen LogP contribution in [0, 0.1) is 10.1 Å². The highest BCUT2D eigenvalue weighted by molar-refractivity contribution is 6.33. The number of hydrogen-bond acceptors (Lipinski definition) is 4. The van der Waals surface area contributed by atoms with Crippen molar-refractivity contribution >= 4 is 23.0 Å². The molecule has 1 aromatic heterocycles. The van der Waals surface area contributed by atoms with E-state index in [9.17, 15) is 10.1 Å². The lowest BCUT2D eigenvalue weighted by Gasteiger charge is -2.07. The minimum absolute atomic E-state index is 0.0199. The molecule has 0 unspecified atom stereocenters. The highest BCUT2D eigenvalue weighted by Crippen LogP contribution is 2.31. The predicted octanol–water partition coefficient (Wildman–Crippen LogP) is 2.64. The van der Waals surface area contributed by atoms with Crippen molar-refractivity contribution in [1.82, 2.24) is 9.78 Å². The number of nitrogens with zero attached hydrogens (tertiary/aromatic N) is 3. The molecule has 6 nitrogen and oxygen atoms in total. The Bertz CT molecular complexity index is 597. The maximum Gasteiger partial charge on any atom is 0.293 e. The van der Waals surface area contributed by atoms with Gasteiger partial charge in [-0.15, -0.1) is 0 Å². The number of halogens is 1. The molecule has 0 atom stereocenters. The fraction of sp³-hybridized carbons (Fsp3) is 0.250. The average Bonchev–Trinajstić information content (AvgIpc) is 2.77. The summed E-state index contributed by atoms with van der Waals surface area (Å²) in [5.41, 5.74) is 1.25. The summed E-state index contributed by atoms with van der Waals surface area (Å²) in [5.74, 6) is 0. The lowest BCUT2D eigenvalue weighted by Crippen LogP contribution is -2.08. The number of rotatable bonds is 5. The summed E-state index contributed by atoms with van der Waals surface area (Å²) in [6.07, 6.45) is 2.52. The molecule has 2 rings (SSSR count). The largest absolute Gasteiger partial charge is 0.378 e. The number of aromatic nitrogens is 2. The van der Waals surface area contributed by atoms with Crippen molar-refractivity contribution in [1.29, 1.82) is 0 Å². The van der Waals surface area contributed by atoms with Gasteiger partial charge in [-0.05, 0) is 12.1 Å². The topological polar surface area (TPSA) is 73.0 Å². The number of para-hydroxylation sites is 1. The first kappa shape index (κ1) is 13.4. The summed E-state index contributed by atoms with van der Waals surface area (Å²) in [6, 6.07) is 6.51. The zero-order chi connectivity index (χ0) is 13.8. The number of nitro benzene ring substituents is 1. The van der Waals surface area contributed by atoms with Crippen LogP contribution in [0.25, 0.3) is 0 Å². The third-order valence-corrected chi connectivity index (χ3v) is 2.96. The van der Waals surface area contributed by atoms with E-state index in [0.29, 0.717) is 23.7 Å². The van der Waals surface area contributed by atoms with Crippen LogP contribution < -0.4 is 5.32 Å². The van der Waals surface area contributed by atoms with E-state index >= 15 is 0 Å². The molecule has 0 amide bonds. The van der Waals surface area contributed by atoms with Gasteiger partial charge in [0.2, 0.25) is 0 Å². The first-order valence-electron chi connectivity index (χ1n) is 5.73. The van der Waals surface area contributed by atoms with Crippen molar-refractivity contribution < 1.29 is 4.92 Å². The summed E-state index contributed by atoms with van der Waals surface area (Å²) in [6.45, 7) is 0.529. The van der Waals surface area contributed by atoms with E-state index in [4.69, 9.17) is 11.6 Å². The molecule has 1 aromatic carbocycles. The number of nitrogens with one attached hydrogen (secondary N) is 1. The van der Waals surface area contributed by atoms with Gasteiger partial charge in [0.1, 0.15) is 5.69 Å². The predicted molar refractivity (Wildman–Crippen MR) is 73.5 cm³/mol. The van der Waals surface area contributed by atoms with Gasteiger partial charge < -0.3 is 5.32 Å². The lowest BCUT2D eigenvalue weighted by molar-refractivity contribution is -0.383. The number of nitro groups is 1. The molecule has 7 heteroatoms. The first-order valence-corrected chi connectivity index (χ1v) is 6.11. The van der Waals surface area contributed by atoms with E-state index in [1.165, 1.54) is 6.07 Å². The van der Waals surface area contributed by atoms with Crippen LogP contribution in [0.5, 0.6) is 0 Å². The van der Waals surface area contributed by atoms with Gasteiger partial charge in [-0.3, -0.25) is 14.8 Å². The SMILES string of the molecule is Cn1ccc(CCNc2c(Cl)cccc2[N+](=O)[O-])n1. The molecule has 0 bridgehead atoms. The molecule has 0 spiro atoms. The molecule has 1 N–H and O–H groups in total. The molecular weight excluding hydrogens is 268 g/mol. The van der Waals surface area contributed by atoms with Crippen molar-refractivity contribution in [3.05, 3.63) is 51.3 Å². The zero-order valence-electron chi connectivity index (χ0n) is 10.3. The lowest BCUT2D eigenvalue weighted by atomic mass is 10.2. The summed E-state index contributed by atoms with van der Waals surface area (Å²) < 4.78 is 1.72. The van der Waals surface area contributed by atoms with Gasteiger partial charge in [0.05, 0.1) is 15.6 Å². The molecule has 0 aliphatic carbocycles. The van der Waals surface area contributed by atoms with E-state index in [1.807, 2.05) is 19.3 Å². The van der Waals surface area contributed by atoms with Gasteiger partial charge in [0.25, 0.3) is 5.69 Å². The van der Waals surface area contributed by atoms with Crippen LogP contribution >= 0.6 is 11.6 Å². The minimum atomic E-state index is -0.449. The normalized spacial score (nSPS) is 10.4. The molecule has 19 heavy (non-hydrogen) atoms. The molecule has 0 fully saturated rings. The van der Waals surface area contributed by atoms with Gasteiger partial charge in [0, 0.05) is 32.3 Å². The smallest absolute Gasteiger partial charge is 0.293 e. The van der Waals surface area contributed by atoms with E-state index in [2.05, 4.69) is 10.4 Å². The van der Waals surface area contributed by atoms with Crippen LogP contribution in [0.15, 0.2) is 30.5 Å². The van der Waals surface area contributed by atoms with Gasteiger partial charge in [0.15, 0.2) is 0 Å².